The van der Waals surface area contributed by atoms with Gasteiger partial charge in [-0.3, -0.25) is 0 Å². The van der Waals surface area contributed by atoms with Gasteiger partial charge in [0.15, 0.2) is 0 Å². The van der Waals surface area contributed by atoms with Crippen molar-refractivity contribution in [1.82, 2.24) is 4.98 Å². The van der Waals surface area contributed by atoms with Gasteiger partial charge in [-0.2, -0.15) is 0 Å². The monoisotopic (exact) mass is 450 g/mol. The number of aryl methyl sites for hydroxylation is 1. The molecule has 0 unspecified atom stereocenters. The topological polar surface area (TPSA) is 57.7 Å². The molecule has 0 radical (unpaired) electrons. The number of hydrogen-bond donors (Lipinski definition) is 0. The summed E-state index contributed by atoms with van der Waals surface area (Å²) in [5.41, 5.74) is 0.656. The van der Waals surface area contributed by atoms with Gasteiger partial charge in [0.25, 0.3) is 0 Å². The number of halogens is 3. The molecule has 30 heavy (non-hydrogen) atoms. The fraction of sp³-hybridized carbons (Fsp3) is 0.182. The van der Waals surface area contributed by atoms with Crippen LogP contribution in [0.1, 0.15) is 31.1 Å². The third kappa shape index (κ3) is 5.40. The molecular weight excluding hydrogens is 432 g/mol. The lowest BCUT2D eigenvalue weighted by molar-refractivity contribution is 0.0730. The summed E-state index contributed by atoms with van der Waals surface area (Å²) in [5, 5.41) is 0.0914. The molecule has 0 saturated carbocycles. The van der Waals surface area contributed by atoms with Crippen LogP contribution in [0.4, 0.5) is 4.39 Å². The number of hydrogen-bond acceptors (Lipinski definition) is 5. The van der Waals surface area contributed by atoms with Crippen molar-refractivity contribution in [3.8, 4) is 23.1 Å². The summed E-state index contributed by atoms with van der Waals surface area (Å²) >= 11 is 12.3. The molecule has 8 heteroatoms. The molecule has 0 saturated heterocycles. The summed E-state index contributed by atoms with van der Waals surface area (Å²) in [4.78, 5) is 16.3. The molecule has 2 aromatic carbocycles. The number of nitrogens with zero attached hydrogens (tertiary/aromatic N) is 1. The molecule has 0 aliphatic carbocycles. The van der Waals surface area contributed by atoms with Gasteiger partial charge in [-0.25, -0.2) is 14.2 Å². The lowest BCUT2D eigenvalue weighted by Crippen LogP contribution is -2.11. The van der Waals surface area contributed by atoms with E-state index in [-0.39, 0.29) is 38.7 Å². The van der Waals surface area contributed by atoms with Gasteiger partial charge in [0, 0.05) is 12.1 Å². The first-order valence-corrected chi connectivity index (χ1v) is 9.58. The van der Waals surface area contributed by atoms with Gasteiger partial charge in [-0.15, -0.1) is 0 Å². The van der Waals surface area contributed by atoms with Crippen LogP contribution < -0.4 is 14.2 Å². The Bertz CT molecular complexity index is 1120. The molecule has 0 amide bonds. The van der Waals surface area contributed by atoms with E-state index in [0.717, 1.165) is 17.7 Å². The van der Waals surface area contributed by atoms with Crippen LogP contribution in [0.3, 0.4) is 0 Å². The Labute approximate surface area is 184 Å². The molecule has 0 atom stereocenters. The summed E-state index contributed by atoms with van der Waals surface area (Å²) < 4.78 is 38.3. The van der Waals surface area contributed by atoms with Crippen LogP contribution in [-0.4, -0.2) is 17.0 Å². The molecule has 0 N–H and O–H groups in total. The minimum absolute atomic E-state index is 0.0130. The fourth-order valence-electron chi connectivity index (χ4n) is 2.39. The predicted molar refractivity (Wildman–Crippen MR) is 113 cm³/mol. The first-order valence-electron chi connectivity index (χ1n) is 9.32. The second-order valence-electron chi connectivity index (χ2n) is 6.54. The zero-order valence-corrected chi connectivity index (χ0v) is 17.8. The third-order valence-corrected chi connectivity index (χ3v) is 4.35. The van der Waals surface area contributed by atoms with Crippen LogP contribution in [0.15, 0.2) is 48.7 Å². The zero-order valence-electron chi connectivity index (χ0n) is 17.3. The van der Waals surface area contributed by atoms with E-state index < -0.39 is 17.9 Å². The standard InChI is InChI=1S/C22H18Cl2FNO4/c1-12(2)28-21-18(24)8-15(11-26-21)29-20-10-19(25)16(9-17(20)23)22(27)30-14-6-4-13(3)5-7-14/h4-12H,1-3H3/i12D. The largest absolute Gasteiger partial charge is 0.474 e. The second kappa shape index (κ2) is 9.32. The lowest BCUT2D eigenvalue weighted by Gasteiger charge is -2.13. The molecular formula is C22H18Cl2FNO4. The fourth-order valence-corrected chi connectivity index (χ4v) is 2.79. The second-order valence-corrected chi connectivity index (χ2v) is 7.35. The maximum absolute atomic E-state index is 14.6. The maximum Gasteiger partial charge on any atom is 0.346 e. The smallest absolute Gasteiger partial charge is 0.346 e. The minimum atomic E-state index is -1.23. The summed E-state index contributed by atoms with van der Waals surface area (Å²) in [6.07, 6.45) is 0.0647. The lowest BCUT2D eigenvalue weighted by atomic mass is 10.2. The van der Waals surface area contributed by atoms with Crippen LogP contribution in [-0.2, 0) is 0 Å². The van der Waals surface area contributed by atoms with Crippen LogP contribution in [0, 0.1) is 12.7 Å². The Morgan fingerprint density at radius 2 is 1.80 bits per heavy atom. The third-order valence-electron chi connectivity index (χ3n) is 3.78. The first kappa shape index (κ1) is 20.4. The summed E-state index contributed by atoms with van der Waals surface area (Å²) in [7, 11) is 0. The predicted octanol–water partition coefficient (Wildman–Crippen LogP) is 6.63. The molecule has 0 aliphatic heterocycles. The molecule has 156 valence electrons. The van der Waals surface area contributed by atoms with Crippen LogP contribution in [0.25, 0.3) is 0 Å². The van der Waals surface area contributed by atoms with Gasteiger partial charge >= 0.3 is 5.97 Å². The number of benzene rings is 2. The van der Waals surface area contributed by atoms with Gasteiger partial charge in [-0.05, 0) is 39.0 Å². The van der Waals surface area contributed by atoms with Gasteiger partial charge in [0.2, 0.25) is 5.88 Å². The van der Waals surface area contributed by atoms with Gasteiger partial charge in [0.05, 0.1) is 24.2 Å². The SMILES string of the molecule is [2H]C(C)(C)Oc1ncc(Oc2cc(F)c(C(=O)Oc3ccc(C)cc3)cc2Cl)cc1Cl. The zero-order chi connectivity index (χ0) is 22.8. The van der Waals surface area contributed by atoms with Crippen molar-refractivity contribution < 1.29 is 24.8 Å². The summed E-state index contributed by atoms with van der Waals surface area (Å²) in [6.45, 7) is 4.95. The van der Waals surface area contributed by atoms with Gasteiger partial charge in [-0.1, -0.05) is 40.9 Å². The highest BCUT2D eigenvalue weighted by Gasteiger charge is 2.19. The highest BCUT2D eigenvalue weighted by molar-refractivity contribution is 6.32. The van der Waals surface area contributed by atoms with E-state index in [0.29, 0.717) is 0 Å². The van der Waals surface area contributed by atoms with Crippen LogP contribution >= 0.6 is 23.2 Å². The van der Waals surface area contributed by atoms with Crippen LogP contribution in [0.5, 0.6) is 23.1 Å². The quantitative estimate of drug-likeness (QED) is 0.311. The Hall–Kier alpha value is -2.83. The average molecular weight is 451 g/mol. The Morgan fingerprint density at radius 3 is 2.43 bits per heavy atom. The Morgan fingerprint density at radius 1 is 1.10 bits per heavy atom. The molecule has 0 spiro atoms. The Balaban J connectivity index is 1.78. The van der Waals surface area contributed by atoms with E-state index >= 15 is 0 Å². The number of esters is 1. The van der Waals surface area contributed by atoms with E-state index in [9.17, 15) is 9.18 Å². The number of carbonyl (C=O) groups excluding carboxylic acids is 1. The number of aromatic nitrogens is 1. The van der Waals surface area contributed by atoms with E-state index in [2.05, 4.69) is 4.98 Å². The highest BCUT2D eigenvalue weighted by atomic mass is 35.5. The number of rotatable bonds is 6. The minimum Gasteiger partial charge on any atom is -0.474 e. The number of ether oxygens (including phenoxy) is 3. The summed E-state index contributed by atoms with van der Waals surface area (Å²) in [6, 6.07) is 10.2. The molecule has 5 nitrogen and oxygen atoms in total. The molecule has 3 rings (SSSR count). The molecule has 0 fully saturated rings. The highest BCUT2D eigenvalue weighted by Crippen LogP contribution is 2.34. The number of carbonyl (C=O) groups is 1. The maximum atomic E-state index is 14.6. The van der Waals surface area contributed by atoms with E-state index in [4.69, 9.17) is 38.8 Å². The van der Waals surface area contributed by atoms with E-state index in [1.807, 2.05) is 6.92 Å². The summed E-state index contributed by atoms with van der Waals surface area (Å²) in [5.74, 6) is -1.30. The molecule has 1 aromatic heterocycles. The van der Waals surface area contributed by atoms with Crippen molar-refractivity contribution >= 4 is 29.2 Å². The van der Waals surface area contributed by atoms with Crippen molar-refractivity contribution in [3.63, 3.8) is 0 Å². The van der Waals surface area contributed by atoms with E-state index in [1.54, 1.807) is 24.3 Å². The van der Waals surface area contributed by atoms with Crippen molar-refractivity contribution in [2.24, 2.45) is 0 Å². The van der Waals surface area contributed by atoms with Crippen molar-refractivity contribution in [1.29, 1.82) is 0 Å². The van der Waals surface area contributed by atoms with E-state index in [1.165, 1.54) is 26.1 Å². The van der Waals surface area contributed by atoms with Crippen molar-refractivity contribution in [3.05, 3.63) is 75.7 Å². The molecule has 3 aromatic rings. The molecule has 1 heterocycles. The normalized spacial score (nSPS) is 11.6. The van der Waals surface area contributed by atoms with Crippen LogP contribution in [0.2, 0.25) is 10.0 Å². The first-order chi connectivity index (χ1) is 14.5. The van der Waals surface area contributed by atoms with Gasteiger partial charge in [0.1, 0.15) is 28.1 Å². The Kier molecular flexibility index (Phi) is 6.35. The number of pyridine rings is 1. The van der Waals surface area contributed by atoms with Crippen molar-refractivity contribution in [2.75, 3.05) is 0 Å². The van der Waals surface area contributed by atoms with Crippen molar-refractivity contribution in [2.45, 2.75) is 26.9 Å². The molecule has 0 aliphatic rings. The average Bonchev–Trinajstić information content (AvgIpc) is 2.67. The molecule has 0 bridgehead atoms. The van der Waals surface area contributed by atoms with Gasteiger partial charge < -0.3 is 14.2 Å².